The molecule has 4 heterocycles. The van der Waals surface area contributed by atoms with Gasteiger partial charge in [0.05, 0.1) is 11.1 Å². The Balaban J connectivity index is 1.52. The van der Waals surface area contributed by atoms with E-state index in [1.54, 1.807) is 29.1 Å². The lowest BCUT2D eigenvalue weighted by Gasteiger charge is -2.33. The Hall–Kier alpha value is -3.14. The third kappa shape index (κ3) is 3.08. The van der Waals surface area contributed by atoms with Gasteiger partial charge in [-0.25, -0.2) is 14.8 Å². The van der Waals surface area contributed by atoms with Crippen LogP contribution in [0.25, 0.3) is 11.2 Å². The van der Waals surface area contributed by atoms with E-state index in [0.717, 1.165) is 42.9 Å². The Bertz CT molecular complexity index is 1050. The van der Waals surface area contributed by atoms with Gasteiger partial charge >= 0.3 is 5.69 Å². The van der Waals surface area contributed by atoms with Crippen molar-refractivity contribution in [3.05, 3.63) is 52.7 Å². The molecular formula is C20H22N6O. The molecule has 7 heteroatoms. The molecule has 0 amide bonds. The fourth-order valence-electron chi connectivity index (χ4n) is 3.94. The van der Waals surface area contributed by atoms with Gasteiger partial charge in [0, 0.05) is 38.6 Å². The number of imidazole rings is 1. The summed E-state index contributed by atoms with van der Waals surface area (Å²) in [5, 5.41) is 9.29. The van der Waals surface area contributed by atoms with Crippen LogP contribution in [0.5, 0.6) is 0 Å². The summed E-state index contributed by atoms with van der Waals surface area (Å²) in [5.74, 6) is 1.17. The summed E-state index contributed by atoms with van der Waals surface area (Å²) < 4.78 is 3.60. The van der Waals surface area contributed by atoms with Gasteiger partial charge in [0.25, 0.3) is 0 Å². The third-order valence-corrected chi connectivity index (χ3v) is 5.35. The summed E-state index contributed by atoms with van der Waals surface area (Å²) in [6.07, 6.45) is 5.39. The van der Waals surface area contributed by atoms with Crippen LogP contribution in [-0.2, 0) is 13.1 Å². The Morgan fingerprint density at radius 1 is 1.15 bits per heavy atom. The number of aryl methyl sites for hydroxylation is 1. The number of aromatic nitrogens is 4. The molecule has 0 atom stereocenters. The van der Waals surface area contributed by atoms with Gasteiger partial charge in [-0.1, -0.05) is 0 Å². The summed E-state index contributed by atoms with van der Waals surface area (Å²) in [6.45, 7) is 4.98. The third-order valence-electron chi connectivity index (χ3n) is 5.35. The fourth-order valence-corrected chi connectivity index (χ4v) is 3.94. The smallest absolute Gasteiger partial charge is 0.330 e. The molecule has 0 saturated carbocycles. The van der Waals surface area contributed by atoms with Crippen LogP contribution in [0.4, 0.5) is 5.82 Å². The molecule has 1 fully saturated rings. The highest BCUT2D eigenvalue weighted by Gasteiger charge is 2.24. The number of nitriles is 1. The standard InChI is InChI=1S/C20H22N6O/c1-2-25-17-6-4-10-23-19(17)26(20(25)27)14-15-7-11-24(12-8-15)18-16(13-21)5-3-9-22-18/h3-6,9-10,15H,2,7-8,11-12,14H2,1H3. The van der Waals surface area contributed by atoms with Crippen LogP contribution < -0.4 is 10.6 Å². The first-order valence-electron chi connectivity index (χ1n) is 9.37. The van der Waals surface area contributed by atoms with Gasteiger partial charge in [0.2, 0.25) is 0 Å². The van der Waals surface area contributed by atoms with E-state index in [-0.39, 0.29) is 5.69 Å². The van der Waals surface area contributed by atoms with Crippen molar-refractivity contribution < 1.29 is 0 Å². The number of fused-ring (bicyclic) bond motifs is 1. The van der Waals surface area contributed by atoms with E-state index in [1.165, 1.54) is 0 Å². The van der Waals surface area contributed by atoms with Gasteiger partial charge < -0.3 is 4.90 Å². The minimum atomic E-state index is 0.0186. The number of hydrogen-bond donors (Lipinski definition) is 0. The molecular weight excluding hydrogens is 340 g/mol. The highest BCUT2D eigenvalue weighted by molar-refractivity contribution is 5.71. The molecule has 0 bridgehead atoms. The highest BCUT2D eigenvalue weighted by Crippen LogP contribution is 2.25. The molecule has 0 radical (unpaired) electrons. The normalized spacial score (nSPS) is 15.2. The predicted octanol–water partition coefficient (Wildman–Crippen LogP) is 2.40. The Labute approximate surface area is 157 Å². The first kappa shape index (κ1) is 17.3. The average Bonchev–Trinajstić information content (AvgIpc) is 2.99. The quantitative estimate of drug-likeness (QED) is 0.712. The summed E-state index contributed by atoms with van der Waals surface area (Å²) in [6, 6.07) is 9.64. The van der Waals surface area contributed by atoms with Gasteiger partial charge in [-0.3, -0.25) is 9.13 Å². The predicted molar refractivity (Wildman–Crippen MR) is 104 cm³/mol. The first-order chi connectivity index (χ1) is 13.2. The number of nitrogens with zero attached hydrogens (tertiary/aromatic N) is 6. The van der Waals surface area contributed by atoms with Crippen molar-refractivity contribution in [2.24, 2.45) is 5.92 Å². The fraction of sp³-hybridized carbons (Fsp3) is 0.400. The summed E-state index contributed by atoms with van der Waals surface area (Å²) in [4.78, 5) is 23.8. The van der Waals surface area contributed by atoms with E-state index < -0.39 is 0 Å². The van der Waals surface area contributed by atoms with Crippen LogP contribution in [0.2, 0.25) is 0 Å². The molecule has 3 aromatic rings. The van der Waals surface area contributed by atoms with Crippen LogP contribution in [0.15, 0.2) is 41.5 Å². The lowest BCUT2D eigenvalue weighted by molar-refractivity contribution is 0.353. The second-order valence-corrected chi connectivity index (χ2v) is 6.90. The maximum absolute atomic E-state index is 12.8. The van der Waals surface area contributed by atoms with Crippen molar-refractivity contribution in [1.29, 1.82) is 5.26 Å². The first-order valence-corrected chi connectivity index (χ1v) is 9.37. The summed E-state index contributed by atoms with van der Waals surface area (Å²) >= 11 is 0. The van der Waals surface area contributed by atoms with Gasteiger partial charge in [-0.05, 0) is 49.9 Å². The molecule has 1 saturated heterocycles. The molecule has 0 N–H and O–H groups in total. The van der Waals surface area contributed by atoms with Gasteiger partial charge in [0.15, 0.2) is 5.65 Å². The van der Waals surface area contributed by atoms with E-state index in [2.05, 4.69) is 20.9 Å². The van der Waals surface area contributed by atoms with Crippen LogP contribution >= 0.6 is 0 Å². The van der Waals surface area contributed by atoms with Crippen molar-refractivity contribution in [2.75, 3.05) is 18.0 Å². The van der Waals surface area contributed by atoms with Crippen molar-refractivity contribution in [1.82, 2.24) is 19.1 Å². The van der Waals surface area contributed by atoms with E-state index in [4.69, 9.17) is 0 Å². The molecule has 0 aromatic carbocycles. The second kappa shape index (κ2) is 7.23. The average molecular weight is 362 g/mol. The zero-order chi connectivity index (χ0) is 18.8. The minimum Gasteiger partial charge on any atom is -0.356 e. The Kier molecular flexibility index (Phi) is 4.63. The maximum Gasteiger partial charge on any atom is 0.330 e. The Morgan fingerprint density at radius 3 is 2.63 bits per heavy atom. The zero-order valence-corrected chi connectivity index (χ0v) is 15.4. The number of piperidine rings is 1. The highest BCUT2D eigenvalue weighted by atomic mass is 16.1. The van der Waals surface area contributed by atoms with E-state index in [0.29, 0.717) is 24.6 Å². The van der Waals surface area contributed by atoms with Crippen molar-refractivity contribution in [3.63, 3.8) is 0 Å². The molecule has 7 nitrogen and oxygen atoms in total. The lowest BCUT2D eigenvalue weighted by atomic mass is 9.96. The molecule has 3 aromatic heterocycles. The maximum atomic E-state index is 12.8. The molecule has 0 unspecified atom stereocenters. The molecule has 1 aliphatic heterocycles. The summed E-state index contributed by atoms with van der Waals surface area (Å²) in [7, 11) is 0. The van der Waals surface area contributed by atoms with Crippen molar-refractivity contribution in [3.8, 4) is 6.07 Å². The van der Waals surface area contributed by atoms with Gasteiger partial charge in [0.1, 0.15) is 11.9 Å². The lowest BCUT2D eigenvalue weighted by Crippen LogP contribution is -2.37. The molecule has 4 rings (SSSR count). The Morgan fingerprint density at radius 2 is 1.89 bits per heavy atom. The molecule has 0 spiro atoms. The van der Waals surface area contributed by atoms with E-state index >= 15 is 0 Å². The summed E-state index contributed by atoms with van der Waals surface area (Å²) in [5.41, 5.74) is 2.30. The number of hydrogen-bond acceptors (Lipinski definition) is 5. The number of pyridine rings is 2. The van der Waals surface area contributed by atoms with Crippen LogP contribution in [0, 0.1) is 17.2 Å². The monoisotopic (exact) mass is 362 g/mol. The largest absolute Gasteiger partial charge is 0.356 e. The second-order valence-electron chi connectivity index (χ2n) is 6.90. The number of rotatable bonds is 4. The zero-order valence-electron chi connectivity index (χ0n) is 15.4. The molecule has 138 valence electrons. The van der Waals surface area contributed by atoms with Gasteiger partial charge in [-0.15, -0.1) is 0 Å². The SMILES string of the molecule is CCn1c(=O)n(CC2CCN(c3ncccc3C#N)CC2)c2ncccc21. The van der Waals surface area contributed by atoms with Crippen LogP contribution in [0.3, 0.4) is 0 Å². The number of anilines is 1. The molecule has 1 aliphatic rings. The molecule has 27 heavy (non-hydrogen) atoms. The van der Waals surface area contributed by atoms with Crippen molar-refractivity contribution in [2.45, 2.75) is 32.9 Å². The van der Waals surface area contributed by atoms with E-state index in [1.807, 2.05) is 23.6 Å². The van der Waals surface area contributed by atoms with Crippen LogP contribution in [0.1, 0.15) is 25.3 Å². The topological polar surface area (TPSA) is 79.7 Å². The van der Waals surface area contributed by atoms with Crippen molar-refractivity contribution >= 4 is 17.0 Å². The minimum absolute atomic E-state index is 0.0186. The molecule has 0 aliphatic carbocycles. The van der Waals surface area contributed by atoms with E-state index in [9.17, 15) is 10.1 Å². The van der Waals surface area contributed by atoms with Crippen LogP contribution in [-0.4, -0.2) is 32.2 Å². The van der Waals surface area contributed by atoms with Gasteiger partial charge in [-0.2, -0.15) is 5.26 Å².